The Morgan fingerprint density at radius 1 is 1.09 bits per heavy atom. The fraction of sp³-hybridized carbons (Fsp3) is 0.556. The zero-order chi connectivity index (χ0) is 16.8. The maximum absolute atomic E-state index is 12.1. The van der Waals surface area contributed by atoms with Crippen LogP contribution in [0.2, 0.25) is 0 Å². The summed E-state index contributed by atoms with van der Waals surface area (Å²) in [7, 11) is 0. The molecule has 126 valence electrons. The Balaban J connectivity index is 1.87. The molecule has 23 heavy (non-hydrogen) atoms. The van der Waals surface area contributed by atoms with Gasteiger partial charge >= 0.3 is 6.03 Å². The molecule has 0 spiro atoms. The van der Waals surface area contributed by atoms with Gasteiger partial charge in [-0.2, -0.15) is 0 Å². The standard InChI is InChI=1S/C18H27N3O2/c1-12(2)19-17(22)14-8-10-15(11-9-14)20-18(23)21-16-7-5-4-6-13(16)3/h8-13,16H,4-7H2,1-3H3,(H,19,22)(H2,20,21,23). The van der Waals surface area contributed by atoms with Crippen LogP contribution in [0.5, 0.6) is 0 Å². The van der Waals surface area contributed by atoms with Crippen molar-refractivity contribution in [3.63, 3.8) is 0 Å². The third kappa shape index (κ3) is 5.27. The number of hydrogen-bond donors (Lipinski definition) is 3. The number of carbonyl (C=O) groups excluding carboxylic acids is 2. The van der Waals surface area contributed by atoms with Crippen molar-refractivity contribution >= 4 is 17.6 Å². The number of anilines is 1. The molecule has 0 saturated heterocycles. The third-order valence-electron chi connectivity index (χ3n) is 4.25. The second-order valence-corrected chi connectivity index (χ2v) is 6.67. The molecule has 0 radical (unpaired) electrons. The van der Waals surface area contributed by atoms with Crippen LogP contribution in [0.3, 0.4) is 0 Å². The van der Waals surface area contributed by atoms with Crippen LogP contribution in [-0.4, -0.2) is 24.0 Å². The van der Waals surface area contributed by atoms with E-state index < -0.39 is 0 Å². The molecule has 0 heterocycles. The van der Waals surface area contributed by atoms with Gasteiger partial charge in [0, 0.05) is 23.3 Å². The Kier molecular flexibility index (Phi) is 6.02. The molecule has 0 aromatic heterocycles. The summed E-state index contributed by atoms with van der Waals surface area (Å²) in [5, 5.41) is 8.73. The van der Waals surface area contributed by atoms with Crippen LogP contribution in [-0.2, 0) is 0 Å². The molecule has 1 aliphatic carbocycles. The molecule has 0 bridgehead atoms. The molecule has 5 heteroatoms. The van der Waals surface area contributed by atoms with Crippen molar-refractivity contribution in [3.8, 4) is 0 Å². The lowest BCUT2D eigenvalue weighted by Crippen LogP contribution is -2.43. The predicted molar refractivity (Wildman–Crippen MR) is 92.6 cm³/mol. The number of nitrogens with one attached hydrogen (secondary N) is 3. The normalized spacial score (nSPS) is 20.9. The molecule has 0 aliphatic heterocycles. The Morgan fingerprint density at radius 2 is 1.74 bits per heavy atom. The van der Waals surface area contributed by atoms with Gasteiger partial charge < -0.3 is 16.0 Å². The fourth-order valence-corrected chi connectivity index (χ4v) is 2.92. The van der Waals surface area contributed by atoms with Crippen LogP contribution in [0, 0.1) is 5.92 Å². The SMILES string of the molecule is CC(C)NC(=O)c1ccc(NC(=O)NC2CCCCC2C)cc1. The summed E-state index contributed by atoms with van der Waals surface area (Å²) in [6, 6.07) is 7.11. The first-order valence-electron chi connectivity index (χ1n) is 8.44. The Labute approximate surface area is 138 Å². The van der Waals surface area contributed by atoms with Gasteiger partial charge in [0.25, 0.3) is 5.91 Å². The molecule has 3 N–H and O–H groups in total. The molecular formula is C18H27N3O2. The Morgan fingerprint density at radius 3 is 2.35 bits per heavy atom. The van der Waals surface area contributed by atoms with E-state index in [0.29, 0.717) is 17.2 Å². The Bertz CT molecular complexity index is 540. The van der Waals surface area contributed by atoms with E-state index in [-0.39, 0.29) is 24.0 Å². The minimum Gasteiger partial charge on any atom is -0.350 e. The predicted octanol–water partition coefficient (Wildman–Crippen LogP) is 3.53. The van der Waals surface area contributed by atoms with E-state index in [1.807, 2.05) is 13.8 Å². The molecule has 2 atom stereocenters. The van der Waals surface area contributed by atoms with E-state index >= 15 is 0 Å². The van der Waals surface area contributed by atoms with Crippen molar-refractivity contribution in [2.45, 2.75) is 58.5 Å². The largest absolute Gasteiger partial charge is 0.350 e. The van der Waals surface area contributed by atoms with Gasteiger partial charge in [0.1, 0.15) is 0 Å². The summed E-state index contributed by atoms with van der Waals surface area (Å²) >= 11 is 0. The summed E-state index contributed by atoms with van der Waals surface area (Å²) < 4.78 is 0. The van der Waals surface area contributed by atoms with Crippen molar-refractivity contribution in [1.82, 2.24) is 10.6 Å². The van der Waals surface area contributed by atoms with E-state index in [1.54, 1.807) is 24.3 Å². The van der Waals surface area contributed by atoms with E-state index in [9.17, 15) is 9.59 Å². The van der Waals surface area contributed by atoms with Gasteiger partial charge in [-0.1, -0.05) is 19.8 Å². The molecule has 5 nitrogen and oxygen atoms in total. The maximum Gasteiger partial charge on any atom is 0.319 e. The van der Waals surface area contributed by atoms with Crippen LogP contribution < -0.4 is 16.0 Å². The molecule has 2 unspecified atom stereocenters. The average molecular weight is 317 g/mol. The average Bonchev–Trinajstić information content (AvgIpc) is 2.49. The lowest BCUT2D eigenvalue weighted by atomic mass is 9.86. The maximum atomic E-state index is 12.1. The summed E-state index contributed by atoms with van der Waals surface area (Å²) in [4.78, 5) is 24.0. The molecular weight excluding hydrogens is 290 g/mol. The van der Waals surface area contributed by atoms with Gasteiger partial charge in [0.05, 0.1) is 0 Å². The molecule has 1 aromatic rings. The molecule has 1 aliphatic rings. The van der Waals surface area contributed by atoms with Crippen molar-refractivity contribution in [2.24, 2.45) is 5.92 Å². The highest BCUT2D eigenvalue weighted by molar-refractivity contribution is 5.95. The first-order chi connectivity index (χ1) is 11.0. The van der Waals surface area contributed by atoms with Gasteiger partial charge in [-0.05, 0) is 56.9 Å². The highest BCUT2D eigenvalue weighted by Gasteiger charge is 2.22. The number of urea groups is 1. The molecule has 1 aromatic carbocycles. The summed E-state index contributed by atoms with van der Waals surface area (Å²) in [5.74, 6) is 0.420. The minimum atomic E-state index is -0.178. The number of hydrogen-bond acceptors (Lipinski definition) is 2. The fourth-order valence-electron chi connectivity index (χ4n) is 2.92. The van der Waals surface area contributed by atoms with Crippen molar-refractivity contribution in [3.05, 3.63) is 29.8 Å². The first kappa shape index (κ1) is 17.3. The van der Waals surface area contributed by atoms with Gasteiger partial charge in [-0.3, -0.25) is 4.79 Å². The van der Waals surface area contributed by atoms with E-state index in [2.05, 4.69) is 22.9 Å². The second kappa shape index (κ2) is 7.99. The number of benzene rings is 1. The number of amides is 3. The molecule has 3 amide bonds. The highest BCUT2D eigenvalue weighted by atomic mass is 16.2. The zero-order valence-corrected chi connectivity index (χ0v) is 14.2. The molecule has 2 rings (SSSR count). The smallest absolute Gasteiger partial charge is 0.319 e. The van der Waals surface area contributed by atoms with Crippen LogP contribution in [0.15, 0.2) is 24.3 Å². The van der Waals surface area contributed by atoms with Gasteiger partial charge in [0.15, 0.2) is 0 Å². The van der Waals surface area contributed by atoms with Crippen LogP contribution in [0.4, 0.5) is 10.5 Å². The lowest BCUT2D eigenvalue weighted by Gasteiger charge is -2.29. The summed E-state index contributed by atoms with van der Waals surface area (Å²) in [6.45, 7) is 6.03. The highest BCUT2D eigenvalue weighted by Crippen LogP contribution is 2.23. The monoisotopic (exact) mass is 317 g/mol. The van der Waals surface area contributed by atoms with Crippen LogP contribution >= 0.6 is 0 Å². The quantitative estimate of drug-likeness (QED) is 0.795. The van der Waals surface area contributed by atoms with Crippen LogP contribution in [0.25, 0.3) is 0 Å². The zero-order valence-electron chi connectivity index (χ0n) is 14.2. The van der Waals surface area contributed by atoms with E-state index in [4.69, 9.17) is 0 Å². The summed E-state index contributed by atoms with van der Waals surface area (Å²) in [5.41, 5.74) is 1.28. The van der Waals surface area contributed by atoms with Crippen LogP contribution in [0.1, 0.15) is 56.8 Å². The molecule has 1 saturated carbocycles. The van der Waals surface area contributed by atoms with Gasteiger partial charge in [-0.25, -0.2) is 4.79 Å². The number of rotatable bonds is 4. The van der Waals surface area contributed by atoms with Crippen molar-refractivity contribution in [2.75, 3.05) is 5.32 Å². The van der Waals surface area contributed by atoms with E-state index in [0.717, 1.165) is 6.42 Å². The topological polar surface area (TPSA) is 70.2 Å². The minimum absolute atomic E-state index is 0.101. The second-order valence-electron chi connectivity index (χ2n) is 6.67. The van der Waals surface area contributed by atoms with Crippen molar-refractivity contribution < 1.29 is 9.59 Å². The molecule has 1 fully saturated rings. The van der Waals surface area contributed by atoms with Gasteiger partial charge in [-0.15, -0.1) is 0 Å². The van der Waals surface area contributed by atoms with Gasteiger partial charge in [0.2, 0.25) is 0 Å². The van der Waals surface area contributed by atoms with Crippen molar-refractivity contribution in [1.29, 1.82) is 0 Å². The third-order valence-corrected chi connectivity index (χ3v) is 4.25. The Hall–Kier alpha value is -2.04. The number of carbonyl (C=O) groups is 2. The lowest BCUT2D eigenvalue weighted by molar-refractivity contribution is 0.0943. The first-order valence-corrected chi connectivity index (χ1v) is 8.44. The summed E-state index contributed by atoms with van der Waals surface area (Å²) in [6.07, 6.45) is 4.64. The van der Waals surface area contributed by atoms with E-state index in [1.165, 1.54) is 19.3 Å².